The van der Waals surface area contributed by atoms with Crippen molar-refractivity contribution in [2.24, 2.45) is 0 Å². The first-order valence-electron chi connectivity index (χ1n) is 8.44. The van der Waals surface area contributed by atoms with Crippen LogP contribution in [-0.4, -0.2) is 13.1 Å². The van der Waals surface area contributed by atoms with Crippen LogP contribution in [0.25, 0.3) is 0 Å². The number of carbonyl (C=O) groups excluding carboxylic acids is 1. The van der Waals surface area contributed by atoms with E-state index in [1.54, 1.807) is 0 Å². The molecule has 0 spiro atoms. The fourth-order valence-corrected chi connectivity index (χ4v) is 2.38. The van der Waals surface area contributed by atoms with E-state index in [4.69, 9.17) is 0 Å². The standard InChI is InChI=1S/C18H34O2/c1-4-5-6-11-14-17(2)15-12-9-7-8-10-13-16-18(19)20-3/h2,4-16H2,1,3H3. The first-order chi connectivity index (χ1) is 9.70. The number of hydrogen-bond donors (Lipinski definition) is 0. The molecule has 0 fully saturated rings. The predicted octanol–water partition coefficient (Wildman–Crippen LogP) is 5.81. The summed E-state index contributed by atoms with van der Waals surface area (Å²) < 4.78 is 4.62. The molecule has 0 aliphatic heterocycles. The summed E-state index contributed by atoms with van der Waals surface area (Å²) in [6.45, 7) is 6.43. The Hall–Kier alpha value is -0.790. The Bertz CT molecular complexity index is 246. The highest BCUT2D eigenvalue weighted by Crippen LogP contribution is 2.16. The first-order valence-corrected chi connectivity index (χ1v) is 8.44. The third-order valence-corrected chi connectivity index (χ3v) is 3.77. The number of ether oxygens (including phenoxy) is 1. The highest BCUT2D eigenvalue weighted by atomic mass is 16.5. The van der Waals surface area contributed by atoms with Gasteiger partial charge in [-0.05, 0) is 32.1 Å². The molecule has 0 saturated heterocycles. The number of esters is 1. The van der Waals surface area contributed by atoms with Gasteiger partial charge in [0, 0.05) is 6.42 Å². The van der Waals surface area contributed by atoms with Crippen LogP contribution in [0.3, 0.4) is 0 Å². The molecule has 0 radical (unpaired) electrons. The topological polar surface area (TPSA) is 26.3 Å². The fraction of sp³-hybridized carbons (Fsp3) is 0.833. The zero-order valence-electron chi connectivity index (χ0n) is 13.7. The zero-order valence-corrected chi connectivity index (χ0v) is 13.7. The second kappa shape index (κ2) is 14.6. The number of methoxy groups -OCH3 is 1. The Kier molecular flexibility index (Phi) is 14.0. The molecule has 0 aliphatic rings. The van der Waals surface area contributed by atoms with Crippen LogP contribution in [0.1, 0.15) is 90.4 Å². The lowest BCUT2D eigenvalue weighted by atomic mass is 10.0. The van der Waals surface area contributed by atoms with Crippen molar-refractivity contribution in [3.63, 3.8) is 0 Å². The van der Waals surface area contributed by atoms with Crippen LogP contribution >= 0.6 is 0 Å². The lowest BCUT2D eigenvalue weighted by Gasteiger charge is -2.05. The summed E-state index contributed by atoms with van der Waals surface area (Å²) in [5.41, 5.74) is 1.44. The minimum atomic E-state index is -0.0793. The normalized spacial score (nSPS) is 10.5. The van der Waals surface area contributed by atoms with Crippen molar-refractivity contribution in [1.29, 1.82) is 0 Å². The van der Waals surface area contributed by atoms with Gasteiger partial charge in [0.05, 0.1) is 7.11 Å². The number of rotatable bonds is 14. The van der Waals surface area contributed by atoms with Gasteiger partial charge in [0.2, 0.25) is 0 Å². The van der Waals surface area contributed by atoms with E-state index in [1.807, 2.05) is 0 Å². The lowest BCUT2D eigenvalue weighted by Crippen LogP contribution is -1.99. The van der Waals surface area contributed by atoms with Crippen molar-refractivity contribution in [1.82, 2.24) is 0 Å². The van der Waals surface area contributed by atoms with Gasteiger partial charge < -0.3 is 4.74 Å². The molecule has 0 rings (SSSR count). The molecule has 0 N–H and O–H groups in total. The molecular formula is C18H34O2. The Morgan fingerprint density at radius 1 is 0.800 bits per heavy atom. The van der Waals surface area contributed by atoms with Crippen LogP contribution in [0.5, 0.6) is 0 Å². The van der Waals surface area contributed by atoms with Crippen molar-refractivity contribution >= 4 is 5.97 Å². The molecule has 0 aromatic carbocycles. The van der Waals surface area contributed by atoms with Crippen molar-refractivity contribution in [3.05, 3.63) is 12.2 Å². The average Bonchev–Trinajstić information content (AvgIpc) is 2.46. The maximum Gasteiger partial charge on any atom is 0.305 e. The number of carbonyl (C=O) groups is 1. The number of unbranched alkanes of at least 4 members (excludes halogenated alkanes) is 8. The molecule has 0 aromatic heterocycles. The molecule has 0 amide bonds. The van der Waals surface area contributed by atoms with E-state index in [1.165, 1.54) is 76.9 Å². The van der Waals surface area contributed by atoms with Gasteiger partial charge in [0.25, 0.3) is 0 Å². The molecule has 0 unspecified atom stereocenters. The number of hydrogen-bond acceptors (Lipinski definition) is 2. The summed E-state index contributed by atoms with van der Waals surface area (Å²) in [7, 11) is 1.46. The summed E-state index contributed by atoms with van der Waals surface area (Å²) in [6, 6.07) is 0. The Balaban J connectivity index is 3.19. The van der Waals surface area contributed by atoms with Gasteiger partial charge in [0.1, 0.15) is 0 Å². The highest BCUT2D eigenvalue weighted by molar-refractivity contribution is 5.68. The SMILES string of the molecule is C=C(CCCCCC)CCCCCCCCC(=O)OC. The maximum atomic E-state index is 10.9. The minimum absolute atomic E-state index is 0.0793. The van der Waals surface area contributed by atoms with E-state index in [-0.39, 0.29) is 5.97 Å². The van der Waals surface area contributed by atoms with E-state index in [0.717, 1.165) is 12.8 Å². The molecule has 0 heterocycles. The molecule has 0 bridgehead atoms. The van der Waals surface area contributed by atoms with Crippen LogP contribution < -0.4 is 0 Å². The van der Waals surface area contributed by atoms with Crippen molar-refractivity contribution in [2.75, 3.05) is 7.11 Å². The van der Waals surface area contributed by atoms with Gasteiger partial charge in [-0.2, -0.15) is 0 Å². The minimum Gasteiger partial charge on any atom is -0.469 e. The van der Waals surface area contributed by atoms with Gasteiger partial charge in [-0.3, -0.25) is 4.79 Å². The second-order valence-corrected chi connectivity index (χ2v) is 5.76. The summed E-state index contributed by atoms with van der Waals surface area (Å²) in [4.78, 5) is 10.9. The molecule has 0 aromatic rings. The quantitative estimate of drug-likeness (QED) is 0.228. The van der Waals surface area contributed by atoms with E-state index in [9.17, 15) is 4.79 Å². The summed E-state index contributed by atoms with van der Waals surface area (Å²) in [5, 5.41) is 0. The predicted molar refractivity (Wildman–Crippen MR) is 86.9 cm³/mol. The van der Waals surface area contributed by atoms with Crippen LogP contribution in [0.15, 0.2) is 12.2 Å². The van der Waals surface area contributed by atoms with Crippen molar-refractivity contribution in [2.45, 2.75) is 90.4 Å². The second-order valence-electron chi connectivity index (χ2n) is 5.76. The van der Waals surface area contributed by atoms with E-state index < -0.39 is 0 Å². The third-order valence-electron chi connectivity index (χ3n) is 3.77. The molecule has 20 heavy (non-hydrogen) atoms. The summed E-state index contributed by atoms with van der Waals surface area (Å²) >= 11 is 0. The smallest absolute Gasteiger partial charge is 0.305 e. The first kappa shape index (κ1) is 19.2. The van der Waals surface area contributed by atoms with Gasteiger partial charge in [0.15, 0.2) is 0 Å². The van der Waals surface area contributed by atoms with Gasteiger partial charge in [-0.25, -0.2) is 0 Å². The Labute approximate surface area is 126 Å². The molecule has 0 atom stereocenters. The molecule has 2 heteroatoms. The molecule has 0 aliphatic carbocycles. The molecule has 0 saturated carbocycles. The van der Waals surface area contributed by atoms with E-state index >= 15 is 0 Å². The summed E-state index contributed by atoms with van der Waals surface area (Å²) in [6.07, 6.45) is 15.6. The number of allylic oxidation sites excluding steroid dienone is 1. The van der Waals surface area contributed by atoms with Gasteiger partial charge in [-0.15, -0.1) is 0 Å². The van der Waals surface area contributed by atoms with E-state index in [2.05, 4.69) is 18.2 Å². The van der Waals surface area contributed by atoms with E-state index in [0.29, 0.717) is 6.42 Å². The monoisotopic (exact) mass is 282 g/mol. The Morgan fingerprint density at radius 2 is 1.25 bits per heavy atom. The van der Waals surface area contributed by atoms with Crippen LogP contribution in [0.2, 0.25) is 0 Å². The maximum absolute atomic E-state index is 10.9. The Morgan fingerprint density at radius 3 is 1.75 bits per heavy atom. The fourth-order valence-electron chi connectivity index (χ4n) is 2.38. The van der Waals surface area contributed by atoms with Crippen molar-refractivity contribution in [3.8, 4) is 0 Å². The molecular weight excluding hydrogens is 248 g/mol. The molecule has 118 valence electrons. The van der Waals surface area contributed by atoms with Crippen LogP contribution in [0, 0.1) is 0 Å². The lowest BCUT2D eigenvalue weighted by molar-refractivity contribution is -0.140. The molecule has 2 nitrogen and oxygen atoms in total. The average molecular weight is 282 g/mol. The highest BCUT2D eigenvalue weighted by Gasteiger charge is 1.99. The van der Waals surface area contributed by atoms with Crippen LogP contribution in [0.4, 0.5) is 0 Å². The summed E-state index contributed by atoms with van der Waals surface area (Å²) in [5.74, 6) is -0.0793. The zero-order chi connectivity index (χ0) is 15.1. The largest absolute Gasteiger partial charge is 0.469 e. The van der Waals surface area contributed by atoms with Gasteiger partial charge in [-0.1, -0.05) is 64.0 Å². The third kappa shape index (κ3) is 13.6. The van der Waals surface area contributed by atoms with Gasteiger partial charge >= 0.3 is 5.97 Å². The van der Waals surface area contributed by atoms with Crippen molar-refractivity contribution < 1.29 is 9.53 Å². The van der Waals surface area contributed by atoms with Crippen LogP contribution in [-0.2, 0) is 9.53 Å².